The van der Waals surface area contributed by atoms with Gasteiger partial charge in [0.1, 0.15) is 12.4 Å². The van der Waals surface area contributed by atoms with Gasteiger partial charge in [-0.15, -0.1) is 0 Å². The summed E-state index contributed by atoms with van der Waals surface area (Å²) >= 11 is 0. The Balaban J connectivity index is 2.04. The summed E-state index contributed by atoms with van der Waals surface area (Å²) in [4.78, 5) is 0. The van der Waals surface area contributed by atoms with E-state index >= 15 is 0 Å². The van der Waals surface area contributed by atoms with Crippen LogP contribution in [0.25, 0.3) is 0 Å². The summed E-state index contributed by atoms with van der Waals surface area (Å²) in [5.74, 6) is -0.692. The van der Waals surface area contributed by atoms with E-state index in [4.69, 9.17) is 10.5 Å². The molecule has 0 saturated carbocycles. The number of nitrogen functional groups attached to an aromatic ring is 1. The van der Waals surface area contributed by atoms with Gasteiger partial charge in [0.05, 0.1) is 0 Å². The first-order valence-electron chi connectivity index (χ1n) is 5.07. The summed E-state index contributed by atoms with van der Waals surface area (Å²) in [6.45, 7) is 0.182. The first-order chi connectivity index (χ1) is 8.15. The second kappa shape index (κ2) is 4.82. The van der Waals surface area contributed by atoms with Crippen molar-refractivity contribution in [1.29, 1.82) is 0 Å². The van der Waals surface area contributed by atoms with Gasteiger partial charge in [-0.3, -0.25) is 0 Å². The molecule has 2 rings (SSSR count). The third-order valence-electron chi connectivity index (χ3n) is 2.26. The van der Waals surface area contributed by atoms with Crippen LogP contribution in [0.4, 0.5) is 14.5 Å². The van der Waals surface area contributed by atoms with Crippen molar-refractivity contribution in [2.75, 3.05) is 5.73 Å². The third kappa shape index (κ3) is 2.93. The number of benzene rings is 2. The van der Waals surface area contributed by atoms with Gasteiger partial charge >= 0.3 is 0 Å². The van der Waals surface area contributed by atoms with Crippen LogP contribution < -0.4 is 10.5 Å². The maximum absolute atomic E-state index is 13.4. The molecule has 0 aliphatic carbocycles. The highest BCUT2D eigenvalue weighted by Gasteiger charge is 2.03. The molecule has 0 bridgehead atoms. The van der Waals surface area contributed by atoms with E-state index in [9.17, 15) is 8.78 Å². The molecule has 17 heavy (non-hydrogen) atoms. The molecule has 2 aromatic carbocycles. The number of hydrogen-bond donors (Lipinski definition) is 1. The summed E-state index contributed by atoms with van der Waals surface area (Å²) in [5, 5.41) is 0. The molecule has 0 aromatic heterocycles. The summed E-state index contributed by atoms with van der Waals surface area (Å²) in [6.07, 6.45) is 0. The number of rotatable bonds is 3. The average Bonchev–Trinajstić information content (AvgIpc) is 2.30. The Morgan fingerprint density at radius 3 is 2.35 bits per heavy atom. The van der Waals surface area contributed by atoms with E-state index < -0.39 is 5.82 Å². The molecule has 0 unspecified atom stereocenters. The monoisotopic (exact) mass is 235 g/mol. The highest BCUT2D eigenvalue weighted by Crippen LogP contribution is 2.20. The van der Waals surface area contributed by atoms with Crippen molar-refractivity contribution in [3.8, 4) is 5.75 Å². The van der Waals surface area contributed by atoms with E-state index in [-0.39, 0.29) is 18.2 Å². The van der Waals surface area contributed by atoms with E-state index in [0.717, 1.165) is 5.56 Å². The average molecular weight is 235 g/mol. The van der Waals surface area contributed by atoms with Gasteiger partial charge < -0.3 is 10.5 Å². The van der Waals surface area contributed by atoms with Crippen LogP contribution in [0, 0.1) is 11.6 Å². The molecule has 4 heteroatoms. The fourth-order valence-corrected chi connectivity index (χ4v) is 1.38. The van der Waals surface area contributed by atoms with E-state index in [2.05, 4.69) is 0 Å². The van der Waals surface area contributed by atoms with E-state index in [1.54, 1.807) is 18.2 Å². The van der Waals surface area contributed by atoms with Crippen LogP contribution in [-0.2, 0) is 6.61 Å². The van der Waals surface area contributed by atoms with Crippen molar-refractivity contribution >= 4 is 5.69 Å². The lowest BCUT2D eigenvalue weighted by atomic mass is 10.2. The zero-order chi connectivity index (χ0) is 12.3. The van der Waals surface area contributed by atoms with Gasteiger partial charge in [-0.25, -0.2) is 8.78 Å². The van der Waals surface area contributed by atoms with Crippen molar-refractivity contribution in [3.63, 3.8) is 0 Å². The Bertz CT molecular complexity index is 511. The van der Waals surface area contributed by atoms with Gasteiger partial charge in [-0.05, 0) is 29.8 Å². The first-order valence-corrected chi connectivity index (χ1v) is 5.07. The smallest absolute Gasteiger partial charge is 0.167 e. The molecule has 88 valence electrons. The topological polar surface area (TPSA) is 35.2 Å². The predicted molar refractivity (Wildman–Crippen MR) is 61.5 cm³/mol. The Morgan fingerprint density at radius 1 is 1.00 bits per heavy atom. The fraction of sp³-hybridized carbons (Fsp3) is 0.0769. The lowest BCUT2D eigenvalue weighted by Gasteiger charge is -2.07. The molecule has 0 aliphatic rings. The Hall–Kier alpha value is -2.10. The predicted octanol–water partition coefficient (Wildman–Crippen LogP) is 3.13. The standard InChI is InChI=1S/C13H11F2NO/c14-10-3-1-9(2-4-10)8-17-13-6-5-11(16)7-12(13)15/h1-7H,8,16H2. The largest absolute Gasteiger partial charge is 0.486 e. The van der Waals surface area contributed by atoms with Gasteiger partial charge in [0.15, 0.2) is 11.6 Å². The van der Waals surface area contributed by atoms with E-state index in [1.807, 2.05) is 0 Å². The van der Waals surface area contributed by atoms with E-state index in [1.165, 1.54) is 24.3 Å². The minimum Gasteiger partial charge on any atom is -0.486 e. The molecule has 0 aliphatic heterocycles. The Kier molecular flexibility index (Phi) is 3.23. The molecule has 2 aromatic rings. The maximum atomic E-state index is 13.4. The number of nitrogens with two attached hydrogens (primary N) is 1. The van der Waals surface area contributed by atoms with Crippen LogP contribution in [0.15, 0.2) is 42.5 Å². The molecule has 0 fully saturated rings. The molecule has 0 amide bonds. The molecular formula is C13H11F2NO. The fourth-order valence-electron chi connectivity index (χ4n) is 1.38. The summed E-state index contributed by atoms with van der Waals surface area (Å²) < 4.78 is 31.3. The normalized spacial score (nSPS) is 10.2. The van der Waals surface area contributed by atoms with Gasteiger partial charge in [0.2, 0.25) is 0 Å². The van der Waals surface area contributed by atoms with Crippen LogP contribution in [0.2, 0.25) is 0 Å². The van der Waals surface area contributed by atoms with Crippen LogP contribution >= 0.6 is 0 Å². The highest BCUT2D eigenvalue weighted by atomic mass is 19.1. The first kappa shape index (κ1) is 11.4. The van der Waals surface area contributed by atoms with E-state index in [0.29, 0.717) is 5.69 Å². The summed E-state index contributed by atoms with van der Waals surface area (Å²) in [7, 11) is 0. The molecule has 2 N–H and O–H groups in total. The van der Waals surface area contributed by atoms with Crippen LogP contribution in [0.5, 0.6) is 5.75 Å². The van der Waals surface area contributed by atoms with Crippen LogP contribution in [-0.4, -0.2) is 0 Å². The second-order valence-corrected chi connectivity index (χ2v) is 3.61. The lowest BCUT2D eigenvalue weighted by Crippen LogP contribution is -1.98. The quantitative estimate of drug-likeness (QED) is 0.829. The highest BCUT2D eigenvalue weighted by molar-refractivity contribution is 5.42. The van der Waals surface area contributed by atoms with Gasteiger partial charge in [-0.2, -0.15) is 0 Å². The SMILES string of the molecule is Nc1ccc(OCc2ccc(F)cc2)c(F)c1. The molecule has 0 atom stereocenters. The van der Waals surface area contributed by atoms with Crippen LogP contribution in [0.1, 0.15) is 5.56 Å². The molecule has 0 heterocycles. The van der Waals surface area contributed by atoms with Crippen molar-refractivity contribution in [3.05, 3.63) is 59.7 Å². The lowest BCUT2D eigenvalue weighted by molar-refractivity contribution is 0.290. The van der Waals surface area contributed by atoms with Gasteiger partial charge in [0.25, 0.3) is 0 Å². The maximum Gasteiger partial charge on any atom is 0.167 e. The molecule has 0 spiro atoms. The molecule has 0 radical (unpaired) electrons. The molecular weight excluding hydrogens is 224 g/mol. The second-order valence-electron chi connectivity index (χ2n) is 3.61. The summed E-state index contributed by atoms with van der Waals surface area (Å²) in [5.41, 5.74) is 6.52. The van der Waals surface area contributed by atoms with Crippen LogP contribution in [0.3, 0.4) is 0 Å². The van der Waals surface area contributed by atoms with Crippen molar-refractivity contribution in [2.24, 2.45) is 0 Å². The summed E-state index contributed by atoms with van der Waals surface area (Å²) in [6, 6.07) is 10.1. The van der Waals surface area contributed by atoms with Crippen molar-refractivity contribution in [2.45, 2.75) is 6.61 Å². The molecule has 0 saturated heterocycles. The zero-order valence-electron chi connectivity index (χ0n) is 8.99. The Labute approximate surface area is 97.6 Å². The van der Waals surface area contributed by atoms with Crippen molar-refractivity contribution < 1.29 is 13.5 Å². The van der Waals surface area contributed by atoms with Gasteiger partial charge in [-0.1, -0.05) is 12.1 Å². The Morgan fingerprint density at radius 2 is 1.71 bits per heavy atom. The number of anilines is 1. The number of halogens is 2. The number of hydrogen-bond acceptors (Lipinski definition) is 2. The van der Waals surface area contributed by atoms with Crippen molar-refractivity contribution in [1.82, 2.24) is 0 Å². The molecule has 2 nitrogen and oxygen atoms in total. The number of ether oxygens (including phenoxy) is 1. The third-order valence-corrected chi connectivity index (χ3v) is 2.26. The minimum absolute atomic E-state index is 0.128. The van der Waals surface area contributed by atoms with Gasteiger partial charge in [0, 0.05) is 11.8 Å². The zero-order valence-corrected chi connectivity index (χ0v) is 8.99. The minimum atomic E-state index is -0.507.